The zero-order valence-corrected chi connectivity index (χ0v) is 23.6. The van der Waals surface area contributed by atoms with Crippen LogP contribution in [-0.4, -0.2) is 40.9 Å². The second kappa shape index (κ2) is 12.0. The summed E-state index contributed by atoms with van der Waals surface area (Å²) in [5.41, 5.74) is 2.33. The van der Waals surface area contributed by atoms with E-state index in [1.165, 1.54) is 30.1 Å². The van der Waals surface area contributed by atoms with Crippen molar-refractivity contribution >= 4 is 39.0 Å². The first-order chi connectivity index (χ1) is 19.4. The maximum atomic E-state index is 13.6. The molecule has 0 aliphatic carbocycles. The van der Waals surface area contributed by atoms with Crippen LogP contribution in [-0.2, 0) is 22.6 Å². The van der Waals surface area contributed by atoms with Gasteiger partial charge in [-0.2, -0.15) is 14.5 Å². The summed E-state index contributed by atoms with van der Waals surface area (Å²) in [6.07, 6.45) is 0.247. The lowest BCUT2D eigenvalue weighted by Crippen LogP contribution is -2.31. The molecule has 0 radical (unpaired) electrons. The minimum atomic E-state index is -1.10. The number of hydrogen-bond acceptors (Lipinski definition) is 8. The van der Waals surface area contributed by atoms with E-state index in [9.17, 15) is 9.18 Å². The molecule has 0 amide bonds. The Morgan fingerprint density at radius 3 is 2.60 bits per heavy atom. The van der Waals surface area contributed by atoms with Crippen LogP contribution in [0.25, 0.3) is 16.8 Å². The lowest BCUT2D eigenvalue weighted by Gasteiger charge is -2.19. The number of para-hydroxylation sites is 1. The second-order valence-electron chi connectivity index (χ2n) is 8.49. The number of methoxy groups -OCH3 is 2. The molecule has 2 aromatic carbocycles. The summed E-state index contributed by atoms with van der Waals surface area (Å²) in [5.74, 6) is 0.939. The Balaban J connectivity index is 1.43. The number of furan rings is 1. The Bertz CT molecular complexity index is 1660. The Hall–Kier alpha value is -4.09. The topological polar surface area (TPSA) is 97.3 Å². The van der Waals surface area contributed by atoms with Crippen LogP contribution < -0.4 is 14.2 Å². The van der Waals surface area contributed by atoms with Gasteiger partial charge in [0, 0.05) is 12.5 Å². The van der Waals surface area contributed by atoms with Gasteiger partial charge in [0.15, 0.2) is 0 Å². The van der Waals surface area contributed by atoms with E-state index in [4.69, 9.17) is 35.0 Å². The van der Waals surface area contributed by atoms with Crippen LogP contribution in [0.4, 0.5) is 4.39 Å². The fraction of sp³-hybridized carbons (Fsp3) is 0.179. The molecular formula is C28H22BrClFN3O6. The van der Waals surface area contributed by atoms with Gasteiger partial charge < -0.3 is 23.4 Å². The van der Waals surface area contributed by atoms with Crippen molar-refractivity contribution in [1.29, 1.82) is 0 Å². The molecule has 12 heteroatoms. The summed E-state index contributed by atoms with van der Waals surface area (Å²) >= 11 is 10.0. The van der Waals surface area contributed by atoms with Gasteiger partial charge in [0.05, 0.1) is 24.3 Å². The standard InChI is InChI=1S/C28H22BrClFN3O6/c1-36-18-9-7-16(8-10-18)14-38-19-6-4-3-5-17(19)13-21(28(35)37-2)40-27-25-24(29)23(20-11-12-22(31)39-20)26(30)34(25)33-15-32-27/h3-12,15,21H,13-14H2,1-2H3. The Labute approximate surface area is 241 Å². The average Bonchev–Trinajstić information content (AvgIpc) is 3.51. The smallest absolute Gasteiger partial charge is 0.347 e. The maximum Gasteiger partial charge on any atom is 0.347 e. The third kappa shape index (κ3) is 5.61. The molecule has 0 fully saturated rings. The molecule has 0 bridgehead atoms. The largest absolute Gasteiger partial charge is 0.497 e. The van der Waals surface area contributed by atoms with Gasteiger partial charge in [-0.3, -0.25) is 0 Å². The number of ether oxygens (including phenoxy) is 4. The van der Waals surface area contributed by atoms with Crippen LogP contribution in [0.5, 0.6) is 17.4 Å². The Morgan fingerprint density at radius 2 is 1.90 bits per heavy atom. The number of hydrogen-bond donors (Lipinski definition) is 0. The molecule has 0 saturated carbocycles. The number of rotatable bonds is 10. The van der Waals surface area contributed by atoms with Gasteiger partial charge in [0.2, 0.25) is 12.0 Å². The van der Waals surface area contributed by atoms with E-state index in [1.807, 2.05) is 48.5 Å². The Morgan fingerprint density at radius 1 is 1.12 bits per heavy atom. The van der Waals surface area contributed by atoms with Gasteiger partial charge in [-0.15, -0.1) is 0 Å². The zero-order chi connectivity index (χ0) is 28.2. The number of benzene rings is 2. The van der Waals surface area contributed by atoms with Crippen molar-refractivity contribution in [3.63, 3.8) is 0 Å². The average molecular weight is 631 g/mol. The maximum absolute atomic E-state index is 13.6. The van der Waals surface area contributed by atoms with Crippen molar-refractivity contribution < 1.29 is 32.5 Å². The van der Waals surface area contributed by atoms with Gasteiger partial charge >= 0.3 is 5.97 Å². The zero-order valence-electron chi connectivity index (χ0n) is 21.3. The van der Waals surface area contributed by atoms with Crippen LogP contribution in [0, 0.1) is 6.01 Å². The summed E-state index contributed by atoms with van der Waals surface area (Å²) in [6.45, 7) is 0.309. The van der Waals surface area contributed by atoms with Gasteiger partial charge in [0.1, 0.15) is 40.9 Å². The third-order valence-electron chi connectivity index (χ3n) is 6.05. The van der Waals surface area contributed by atoms with Crippen LogP contribution >= 0.6 is 27.5 Å². The summed E-state index contributed by atoms with van der Waals surface area (Å²) in [7, 11) is 2.88. The van der Waals surface area contributed by atoms with Crippen molar-refractivity contribution in [2.45, 2.75) is 19.1 Å². The van der Waals surface area contributed by atoms with Gasteiger partial charge in [-0.25, -0.2) is 9.31 Å². The van der Waals surface area contributed by atoms with E-state index < -0.39 is 18.1 Å². The van der Waals surface area contributed by atoms with Crippen molar-refractivity contribution in [3.05, 3.63) is 93.8 Å². The molecule has 3 heterocycles. The molecule has 1 unspecified atom stereocenters. The molecule has 0 aliphatic heterocycles. The van der Waals surface area contributed by atoms with Crippen molar-refractivity contribution in [1.82, 2.24) is 14.6 Å². The normalized spacial score (nSPS) is 11.8. The quantitative estimate of drug-likeness (QED) is 0.166. The van der Waals surface area contributed by atoms with E-state index in [2.05, 4.69) is 26.0 Å². The first-order valence-corrected chi connectivity index (χ1v) is 13.1. The van der Waals surface area contributed by atoms with Gasteiger partial charge in [-0.05, 0) is 51.3 Å². The van der Waals surface area contributed by atoms with Crippen molar-refractivity contribution in [3.8, 4) is 28.7 Å². The Kier molecular flexibility index (Phi) is 8.22. The summed E-state index contributed by atoms with van der Waals surface area (Å²) in [4.78, 5) is 17.1. The van der Waals surface area contributed by atoms with Crippen molar-refractivity contribution in [2.75, 3.05) is 14.2 Å². The van der Waals surface area contributed by atoms with Crippen LogP contribution in [0.15, 0.2) is 75.9 Å². The predicted octanol–water partition coefficient (Wildman–Crippen LogP) is 6.30. The number of fused-ring (bicyclic) bond motifs is 1. The number of esters is 1. The molecule has 5 rings (SSSR count). The molecular weight excluding hydrogens is 609 g/mol. The van der Waals surface area contributed by atoms with E-state index >= 15 is 0 Å². The molecule has 0 spiro atoms. The second-order valence-corrected chi connectivity index (χ2v) is 9.64. The van der Waals surface area contributed by atoms with Crippen molar-refractivity contribution in [2.24, 2.45) is 0 Å². The van der Waals surface area contributed by atoms with Gasteiger partial charge in [0.25, 0.3) is 6.01 Å². The number of carbonyl (C=O) groups is 1. The fourth-order valence-electron chi connectivity index (χ4n) is 4.07. The number of halogens is 3. The minimum absolute atomic E-state index is 0.0501. The number of nitrogens with zero attached hydrogens (tertiary/aromatic N) is 3. The molecule has 0 saturated heterocycles. The third-order valence-corrected chi connectivity index (χ3v) is 7.17. The monoisotopic (exact) mass is 629 g/mol. The van der Waals surface area contributed by atoms with E-state index in [1.54, 1.807) is 7.11 Å². The lowest BCUT2D eigenvalue weighted by molar-refractivity contribution is -0.148. The van der Waals surface area contributed by atoms with Crippen LogP contribution in [0.3, 0.4) is 0 Å². The first-order valence-electron chi connectivity index (χ1n) is 11.9. The molecule has 206 valence electrons. The highest BCUT2D eigenvalue weighted by atomic mass is 79.9. The van der Waals surface area contributed by atoms with E-state index in [-0.39, 0.29) is 23.2 Å². The molecule has 5 aromatic rings. The molecule has 9 nitrogen and oxygen atoms in total. The molecule has 40 heavy (non-hydrogen) atoms. The molecule has 3 aromatic heterocycles. The fourth-order valence-corrected chi connectivity index (χ4v) is 5.22. The van der Waals surface area contributed by atoms with Gasteiger partial charge in [-0.1, -0.05) is 41.9 Å². The predicted molar refractivity (Wildman–Crippen MR) is 147 cm³/mol. The van der Waals surface area contributed by atoms with E-state index in [0.29, 0.717) is 27.9 Å². The summed E-state index contributed by atoms with van der Waals surface area (Å²) in [6, 6.07) is 16.7. The highest BCUT2D eigenvalue weighted by molar-refractivity contribution is 9.10. The summed E-state index contributed by atoms with van der Waals surface area (Å²) < 4.78 is 42.9. The first kappa shape index (κ1) is 27.5. The highest BCUT2D eigenvalue weighted by Gasteiger charge is 2.29. The number of aromatic nitrogens is 3. The minimum Gasteiger partial charge on any atom is -0.497 e. The molecule has 1 atom stereocenters. The van der Waals surface area contributed by atoms with Crippen LogP contribution in [0.1, 0.15) is 11.1 Å². The SMILES string of the molecule is COC(=O)C(Cc1ccccc1OCc1ccc(OC)cc1)Oc1ncnn2c(Cl)c(-c3ccc(F)o3)c(Br)c12. The highest BCUT2D eigenvalue weighted by Crippen LogP contribution is 2.42. The molecule has 0 N–H and O–H groups in total. The lowest BCUT2D eigenvalue weighted by atomic mass is 10.1. The molecule has 0 aliphatic rings. The van der Waals surface area contributed by atoms with E-state index in [0.717, 1.165) is 16.9 Å². The number of carbonyl (C=O) groups excluding carboxylic acids is 1. The summed E-state index contributed by atoms with van der Waals surface area (Å²) in [5, 5.41) is 4.31. The van der Waals surface area contributed by atoms with Crippen LogP contribution in [0.2, 0.25) is 5.15 Å².